The van der Waals surface area contributed by atoms with Crippen molar-refractivity contribution in [1.82, 2.24) is 4.98 Å². The van der Waals surface area contributed by atoms with Crippen LogP contribution >= 0.6 is 11.3 Å². The second-order valence-electron chi connectivity index (χ2n) is 4.52. The van der Waals surface area contributed by atoms with E-state index < -0.39 is 0 Å². The summed E-state index contributed by atoms with van der Waals surface area (Å²) in [5.74, 6) is 1.39. The highest BCUT2D eigenvalue weighted by molar-refractivity contribution is 7.12. The first-order valence-corrected chi connectivity index (χ1v) is 7.09. The molecule has 0 radical (unpaired) electrons. The second-order valence-corrected chi connectivity index (χ2v) is 5.64. The smallest absolute Gasteiger partial charge is 0.124 e. The van der Waals surface area contributed by atoms with Crippen molar-refractivity contribution < 1.29 is 4.74 Å². The third-order valence-electron chi connectivity index (χ3n) is 2.78. The molecule has 19 heavy (non-hydrogen) atoms. The highest BCUT2D eigenvalue weighted by Gasteiger charge is 2.07. The van der Waals surface area contributed by atoms with Gasteiger partial charge in [0.25, 0.3) is 0 Å². The van der Waals surface area contributed by atoms with Crippen molar-refractivity contribution in [1.29, 1.82) is 5.26 Å². The van der Waals surface area contributed by atoms with E-state index in [1.165, 1.54) is 16.9 Å². The Morgan fingerprint density at radius 1 is 1.37 bits per heavy atom. The first kappa shape index (κ1) is 13.6. The Labute approximate surface area is 117 Å². The van der Waals surface area contributed by atoms with Gasteiger partial charge in [0.15, 0.2) is 0 Å². The Morgan fingerprint density at radius 3 is 2.84 bits per heavy atom. The molecular weight excluding hydrogens is 256 g/mol. The minimum atomic E-state index is 0.446. The quantitative estimate of drug-likeness (QED) is 0.832. The van der Waals surface area contributed by atoms with Gasteiger partial charge in [-0.1, -0.05) is 32.0 Å². The maximum Gasteiger partial charge on any atom is 0.124 e. The van der Waals surface area contributed by atoms with Crippen LogP contribution in [0.15, 0.2) is 30.5 Å². The van der Waals surface area contributed by atoms with Crippen LogP contribution in [0.1, 0.15) is 35.2 Å². The molecule has 0 spiro atoms. The molecule has 0 saturated carbocycles. The zero-order chi connectivity index (χ0) is 13.7. The monoisotopic (exact) mass is 272 g/mol. The fourth-order valence-corrected chi connectivity index (χ4v) is 2.51. The van der Waals surface area contributed by atoms with Crippen LogP contribution in [0.4, 0.5) is 0 Å². The Bertz CT molecular complexity index is 584. The normalized spacial score (nSPS) is 10.4. The van der Waals surface area contributed by atoms with Gasteiger partial charge in [-0.05, 0) is 17.5 Å². The van der Waals surface area contributed by atoms with E-state index in [9.17, 15) is 0 Å². The lowest BCUT2D eigenvalue weighted by atomic mass is 10.0. The Balaban J connectivity index is 1.94. The van der Waals surface area contributed by atoms with Crippen LogP contribution in [0.2, 0.25) is 0 Å². The summed E-state index contributed by atoms with van der Waals surface area (Å²) in [6.45, 7) is 4.90. The van der Waals surface area contributed by atoms with Gasteiger partial charge in [0.2, 0.25) is 0 Å². The van der Waals surface area contributed by atoms with Crippen molar-refractivity contribution >= 4 is 11.3 Å². The number of hydrogen-bond donors (Lipinski definition) is 0. The van der Waals surface area contributed by atoms with Crippen molar-refractivity contribution in [3.63, 3.8) is 0 Å². The summed E-state index contributed by atoms with van der Waals surface area (Å²) in [6, 6.07) is 10.2. The van der Waals surface area contributed by atoms with E-state index in [2.05, 4.69) is 31.0 Å². The Kier molecular flexibility index (Phi) is 4.53. The zero-order valence-electron chi connectivity index (χ0n) is 11.1. The van der Waals surface area contributed by atoms with Gasteiger partial charge in [-0.2, -0.15) is 5.26 Å². The van der Waals surface area contributed by atoms with Crippen LogP contribution < -0.4 is 4.74 Å². The average Bonchev–Trinajstić information content (AvgIpc) is 2.87. The van der Waals surface area contributed by atoms with E-state index in [1.807, 2.05) is 18.2 Å². The molecule has 0 bridgehead atoms. The van der Waals surface area contributed by atoms with Crippen molar-refractivity contribution in [2.75, 3.05) is 6.61 Å². The van der Waals surface area contributed by atoms with Gasteiger partial charge in [-0.25, -0.2) is 4.98 Å². The zero-order valence-corrected chi connectivity index (χ0v) is 11.9. The van der Waals surface area contributed by atoms with Crippen LogP contribution in [0.3, 0.4) is 0 Å². The van der Waals surface area contributed by atoms with Crippen LogP contribution in [-0.2, 0) is 6.42 Å². The molecule has 0 saturated heterocycles. The van der Waals surface area contributed by atoms with E-state index in [0.29, 0.717) is 17.4 Å². The average molecular weight is 272 g/mol. The van der Waals surface area contributed by atoms with E-state index in [4.69, 9.17) is 10.00 Å². The maximum atomic E-state index is 8.74. The summed E-state index contributed by atoms with van der Waals surface area (Å²) in [7, 11) is 0. The SMILES string of the molecule is CC(C)c1ccccc1OCCc1ncc(C#N)s1. The van der Waals surface area contributed by atoms with E-state index in [1.54, 1.807) is 6.20 Å². The van der Waals surface area contributed by atoms with Crippen LogP contribution in [0.5, 0.6) is 5.75 Å². The van der Waals surface area contributed by atoms with Gasteiger partial charge < -0.3 is 4.74 Å². The fourth-order valence-electron chi connectivity index (χ4n) is 1.81. The first-order valence-electron chi connectivity index (χ1n) is 6.27. The number of nitrogens with zero attached hydrogens (tertiary/aromatic N) is 2. The molecule has 0 N–H and O–H groups in total. The van der Waals surface area contributed by atoms with Crippen molar-refractivity contribution in [2.24, 2.45) is 0 Å². The summed E-state index contributed by atoms with van der Waals surface area (Å²) in [6.07, 6.45) is 2.35. The van der Waals surface area contributed by atoms with Crippen molar-refractivity contribution in [3.8, 4) is 11.8 Å². The number of rotatable bonds is 5. The molecule has 1 heterocycles. The van der Waals surface area contributed by atoms with Crippen molar-refractivity contribution in [3.05, 3.63) is 45.9 Å². The van der Waals surface area contributed by atoms with Crippen molar-refractivity contribution in [2.45, 2.75) is 26.2 Å². The molecule has 1 aromatic heterocycles. The molecule has 3 nitrogen and oxygen atoms in total. The lowest BCUT2D eigenvalue weighted by Crippen LogP contribution is -2.03. The molecule has 2 aromatic rings. The molecule has 0 atom stereocenters. The Morgan fingerprint density at radius 2 is 2.16 bits per heavy atom. The number of ether oxygens (including phenoxy) is 1. The van der Waals surface area contributed by atoms with E-state index >= 15 is 0 Å². The predicted octanol–water partition coefficient (Wildman–Crippen LogP) is 3.76. The molecule has 1 aromatic carbocycles. The molecule has 2 rings (SSSR count). The third kappa shape index (κ3) is 3.55. The van der Waals surface area contributed by atoms with Gasteiger partial charge in [-0.3, -0.25) is 0 Å². The first-order chi connectivity index (χ1) is 9.20. The highest BCUT2D eigenvalue weighted by atomic mass is 32.1. The van der Waals surface area contributed by atoms with Gasteiger partial charge >= 0.3 is 0 Å². The molecule has 0 amide bonds. The Hall–Kier alpha value is -1.86. The van der Waals surface area contributed by atoms with Crippen LogP contribution in [0.25, 0.3) is 0 Å². The second kappa shape index (κ2) is 6.35. The standard InChI is InChI=1S/C15H16N2OS/c1-11(2)13-5-3-4-6-14(13)18-8-7-15-17-10-12(9-16)19-15/h3-6,10-11H,7-8H2,1-2H3. The summed E-state index contributed by atoms with van der Waals surface area (Å²) < 4.78 is 5.83. The topological polar surface area (TPSA) is 45.9 Å². The van der Waals surface area contributed by atoms with Gasteiger partial charge in [0, 0.05) is 6.42 Å². The number of benzene rings is 1. The lowest BCUT2D eigenvalue weighted by molar-refractivity contribution is 0.317. The highest BCUT2D eigenvalue weighted by Crippen LogP contribution is 2.26. The summed E-state index contributed by atoms with van der Waals surface area (Å²) >= 11 is 1.43. The number of aromatic nitrogens is 1. The third-order valence-corrected chi connectivity index (χ3v) is 3.74. The summed E-state index contributed by atoms with van der Waals surface area (Å²) in [4.78, 5) is 4.84. The maximum absolute atomic E-state index is 8.74. The summed E-state index contributed by atoms with van der Waals surface area (Å²) in [5.41, 5.74) is 1.22. The minimum absolute atomic E-state index is 0.446. The molecule has 98 valence electrons. The minimum Gasteiger partial charge on any atom is -0.493 e. The largest absolute Gasteiger partial charge is 0.493 e. The number of para-hydroxylation sites is 1. The van der Waals surface area contributed by atoms with Crippen LogP contribution in [0, 0.1) is 11.3 Å². The molecule has 4 heteroatoms. The predicted molar refractivity (Wildman–Crippen MR) is 76.6 cm³/mol. The molecule has 0 fully saturated rings. The fraction of sp³-hybridized carbons (Fsp3) is 0.333. The molecule has 0 aliphatic heterocycles. The molecule has 0 aliphatic carbocycles. The number of hydrogen-bond acceptors (Lipinski definition) is 4. The lowest BCUT2D eigenvalue weighted by Gasteiger charge is -2.13. The van der Waals surface area contributed by atoms with Gasteiger partial charge in [0.05, 0.1) is 17.8 Å². The molecule has 0 unspecified atom stereocenters. The molecule has 0 aliphatic rings. The van der Waals surface area contributed by atoms with Crippen LogP contribution in [-0.4, -0.2) is 11.6 Å². The number of thiazole rings is 1. The molecular formula is C15H16N2OS. The van der Waals surface area contributed by atoms with E-state index in [-0.39, 0.29) is 0 Å². The van der Waals surface area contributed by atoms with Gasteiger partial charge in [0.1, 0.15) is 16.7 Å². The van der Waals surface area contributed by atoms with Gasteiger partial charge in [-0.15, -0.1) is 11.3 Å². The number of nitriles is 1. The summed E-state index contributed by atoms with van der Waals surface area (Å²) in [5, 5.41) is 9.68. The van der Waals surface area contributed by atoms with E-state index in [0.717, 1.165) is 17.2 Å².